The van der Waals surface area contributed by atoms with Crippen molar-refractivity contribution in [3.63, 3.8) is 0 Å². The number of carbonyl (C=O) groups is 1. The molecular weight excluding hydrogens is 374 g/mol. The number of ether oxygens (including phenoxy) is 1. The standard InChI is InChI=1S/C25H29N3O2/c1-3-30-23-13-7-4-10-19(23)16-26-25(29)21-15-24(28-14-8-9-18(2)17-28)27-22-12-6-5-11-20(21)22/h4-7,10-13,15,18H,3,8-9,14,16-17H2,1-2H3,(H,26,29). The Bertz CT molecular complexity index is 1030. The van der Waals surface area contributed by atoms with Gasteiger partial charge in [0.05, 0.1) is 17.7 Å². The summed E-state index contributed by atoms with van der Waals surface area (Å²) in [5.74, 6) is 2.24. The second kappa shape index (κ2) is 9.16. The maximum Gasteiger partial charge on any atom is 0.252 e. The maximum absolute atomic E-state index is 13.2. The van der Waals surface area contributed by atoms with Crippen molar-refractivity contribution in [2.24, 2.45) is 5.92 Å². The number of fused-ring (bicyclic) bond motifs is 1. The van der Waals surface area contributed by atoms with Crippen LogP contribution in [-0.2, 0) is 6.54 Å². The molecule has 1 saturated heterocycles. The summed E-state index contributed by atoms with van der Waals surface area (Å²) in [4.78, 5) is 20.4. The fraction of sp³-hybridized carbons (Fsp3) is 0.360. The summed E-state index contributed by atoms with van der Waals surface area (Å²) in [5, 5.41) is 3.96. The minimum atomic E-state index is -0.0915. The number of hydrogen-bond acceptors (Lipinski definition) is 4. The van der Waals surface area contributed by atoms with E-state index >= 15 is 0 Å². The molecule has 0 radical (unpaired) electrons. The van der Waals surface area contributed by atoms with Crippen LogP contribution in [0.2, 0.25) is 0 Å². The Hall–Kier alpha value is -3.08. The van der Waals surface area contributed by atoms with E-state index in [4.69, 9.17) is 9.72 Å². The van der Waals surface area contributed by atoms with Crippen LogP contribution in [0.1, 0.15) is 42.6 Å². The SMILES string of the molecule is CCOc1ccccc1CNC(=O)c1cc(N2CCCC(C)C2)nc2ccccc12. The number of hydrogen-bond donors (Lipinski definition) is 1. The fourth-order valence-electron chi connectivity index (χ4n) is 4.13. The lowest BCUT2D eigenvalue weighted by atomic mass is 10.00. The first kappa shape index (κ1) is 20.2. The van der Waals surface area contributed by atoms with E-state index in [1.807, 2.05) is 61.5 Å². The van der Waals surface area contributed by atoms with Gasteiger partial charge < -0.3 is 15.0 Å². The molecule has 0 spiro atoms. The third-order valence-corrected chi connectivity index (χ3v) is 5.64. The van der Waals surface area contributed by atoms with Crippen molar-refractivity contribution in [1.82, 2.24) is 10.3 Å². The van der Waals surface area contributed by atoms with Gasteiger partial charge in [-0.05, 0) is 43.9 Å². The predicted octanol–water partition coefficient (Wildman–Crippen LogP) is 4.80. The number of para-hydroxylation sites is 2. The van der Waals surface area contributed by atoms with Crippen molar-refractivity contribution in [3.8, 4) is 5.75 Å². The summed E-state index contributed by atoms with van der Waals surface area (Å²) in [6.45, 7) is 7.21. The number of anilines is 1. The van der Waals surface area contributed by atoms with Crippen molar-refractivity contribution in [2.75, 3.05) is 24.6 Å². The van der Waals surface area contributed by atoms with E-state index in [0.717, 1.165) is 47.5 Å². The van der Waals surface area contributed by atoms with Crippen LogP contribution in [0.5, 0.6) is 5.75 Å². The zero-order valence-corrected chi connectivity index (χ0v) is 17.7. The van der Waals surface area contributed by atoms with Crippen LogP contribution in [0.25, 0.3) is 10.9 Å². The number of rotatable bonds is 6. The topological polar surface area (TPSA) is 54.5 Å². The zero-order chi connectivity index (χ0) is 20.9. The van der Waals surface area contributed by atoms with Crippen LogP contribution < -0.4 is 15.0 Å². The van der Waals surface area contributed by atoms with Gasteiger partial charge in [-0.25, -0.2) is 4.98 Å². The summed E-state index contributed by atoms with van der Waals surface area (Å²) >= 11 is 0. The third kappa shape index (κ3) is 4.40. The van der Waals surface area contributed by atoms with E-state index in [2.05, 4.69) is 17.1 Å². The Labute approximate surface area is 178 Å². The van der Waals surface area contributed by atoms with Crippen LogP contribution >= 0.6 is 0 Å². The smallest absolute Gasteiger partial charge is 0.252 e. The highest BCUT2D eigenvalue weighted by molar-refractivity contribution is 6.07. The summed E-state index contributed by atoms with van der Waals surface area (Å²) in [6, 6.07) is 17.6. The number of aromatic nitrogens is 1. The van der Waals surface area contributed by atoms with Gasteiger partial charge in [0.2, 0.25) is 0 Å². The summed E-state index contributed by atoms with van der Waals surface area (Å²) in [7, 11) is 0. The minimum Gasteiger partial charge on any atom is -0.494 e. The van der Waals surface area contributed by atoms with Crippen LogP contribution in [0, 0.1) is 5.92 Å². The van der Waals surface area contributed by atoms with Crippen LogP contribution in [-0.4, -0.2) is 30.6 Å². The van der Waals surface area contributed by atoms with E-state index in [1.54, 1.807) is 0 Å². The molecule has 5 nitrogen and oxygen atoms in total. The van der Waals surface area contributed by atoms with Crippen molar-refractivity contribution in [2.45, 2.75) is 33.2 Å². The number of amides is 1. The van der Waals surface area contributed by atoms with Crippen molar-refractivity contribution in [1.29, 1.82) is 0 Å². The number of nitrogens with one attached hydrogen (secondary N) is 1. The Morgan fingerprint density at radius 2 is 2.00 bits per heavy atom. The molecule has 156 valence electrons. The maximum atomic E-state index is 13.2. The molecule has 1 atom stereocenters. The van der Waals surface area contributed by atoms with Crippen molar-refractivity contribution >= 4 is 22.6 Å². The average molecular weight is 404 g/mol. The number of benzene rings is 2. The molecule has 1 amide bonds. The first-order valence-corrected chi connectivity index (χ1v) is 10.8. The van der Waals surface area contributed by atoms with E-state index in [9.17, 15) is 4.79 Å². The number of nitrogens with zero attached hydrogens (tertiary/aromatic N) is 2. The molecule has 0 aliphatic carbocycles. The fourth-order valence-corrected chi connectivity index (χ4v) is 4.13. The van der Waals surface area contributed by atoms with Gasteiger partial charge in [-0.1, -0.05) is 43.3 Å². The van der Waals surface area contributed by atoms with Crippen LogP contribution in [0.15, 0.2) is 54.6 Å². The third-order valence-electron chi connectivity index (χ3n) is 5.64. The predicted molar refractivity (Wildman–Crippen MR) is 121 cm³/mol. The molecule has 1 aromatic heterocycles. The second-order valence-corrected chi connectivity index (χ2v) is 7.96. The van der Waals surface area contributed by atoms with Gasteiger partial charge in [-0.2, -0.15) is 0 Å². The van der Waals surface area contributed by atoms with Crippen molar-refractivity contribution < 1.29 is 9.53 Å². The lowest BCUT2D eigenvalue weighted by Gasteiger charge is -2.32. The van der Waals surface area contributed by atoms with Gasteiger partial charge >= 0.3 is 0 Å². The monoisotopic (exact) mass is 403 g/mol. The normalized spacial score (nSPS) is 16.5. The highest BCUT2D eigenvalue weighted by Crippen LogP contribution is 2.27. The molecule has 1 aliphatic heterocycles. The minimum absolute atomic E-state index is 0.0915. The summed E-state index contributed by atoms with van der Waals surface area (Å²) in [6.07, 6.45) is 2.40. The lowest BCUT2D eigenvalue weighted by Crippen LogP contribution is -2.35. The molecule has 1 aliphatic rings. The Balaban J connectivity index is 1.61. The van der Waals surface area contributed by atoms with Gasteiger partial charge in [0.1, 0.15) is 11.6 Å². The zero-order valence-electron chi connectivity index (χ0n) is 17.7. The first-order valence-electron chi connectivity index (χ1n) is 10.8. The van der Waals surface area contributed by atoms with E-state index < -0.39 is 0 Å². The molecule has 30 heavy (non-hydrogen) atoms. The molecule has 1 N–H and O–H groups in total. The first-order chi connectivity index (χ1) is 14.7. The van der Waals surface area contributed by atoms with Gasteiger partial charge in [0.25, 0.3) is 5.91 Å². The molecule has 0 bridgehead atoms. The lowest BCUT2D eigenvalue weighted by molar-refractivity contribution is 0.0952. The highest BCUT2D eigenvalue weighted by Gasteiger charge is 2.20. The van der Waals surface area contributed by atoms with Crippen LogP contribution in [0.3, 0.4) is 0 Å². The Morgan fingerprint density at radius 3 is 2.83 bits per heavy atom. The molecule has 1 unspecified atom stereocenters. The molecule has 5 heteroatoms. The van der Waals surface area contributed by atoms with E-state index in [0.29, 0.717) is 24.6 Å². The Kier molecular flexibility index (Phi) is 6.17. The molecule has 1 fully saturated rings. The van der Waals surface area contributed by atoms with Gasteiger partial charge in [-0.15, -0.1) is 0 Å². The summed E-state index contributed by atoms with van der Waals surface area (Å²) < 4.78 is 5.69. The van der Waals surface area contributed by atoms with Crippen molar-refractivity contribution in [3.05, 3.63) is 65.7 Å². The molecule has 4 rings (SSSR count). The number of piperidine rings is 1. The molecule has 0 saturated carbocycles. The number of pyridine rings is 1. The Morgan fingerprint density at radius 1 is 1.20 bits per heavy atom. The largest absolute Gasteiger partial charge is 0.494 e. The van der Waals surface area contributed by atoms with Crippen LogP contribution in [0.4, 0.5) is 5.82 Å². The van der Waals surface area contributed by atoms with Gasteiger partial charge in [-0.3, -0.25) is 4.79 Å². The molecule has 3 aromatic rings. The second-order valence-electron chi connectivity index (χ2n) is 7.96. The molecular formula is C25H29N3O2. The average Bonchev–Trinajstić information content (AvgIpc) is 2.77. The highest BCUT2D eigenvalue weighted by atomic mass is 16.5. The van der Waals surface area contributed by atoms with E-state index in [1.165, 1.54) is 6.42 Å². The molecule has 2 heterocycles. The summed E-state index contributed by atoms with van der Waals surface area (Å²) in [5.41, 5.74) is 2.49. The quantitative estimate of drug-likeness (QED) is 0.642. The molecule has 2 aromatic carbocycles. The van der Waals surface area contributed by atoms with E-state index in [-0.39, 0.29) is 5.91 Å². The van der Waals surface area contributed by atoms with Gasteiger partial charge in [0, 0.05) is 30.6 Å². The van der Waals surface area contributed by atoms with Gasteiger partial charge in [0.15, 0.2) is 0 Å². The number of carbonyl (C=O) groups excluding carboxylic acids is 1.